The number of benzene rings is 3. The number of ketones is 1. The normalized spacial score (nSPS) is 16.4. The highest BCUT2D eigenvalue weighted by Crippen LogP contribution is 2.36. The van der Waals surface area contributed by atoms with Crippen LogP contribution in [0.1, 0.15) is 29.8 Å². The lowest BCUT2D eigenvalue weighted by molar-refractivity contribution is 0.101. The van der Waals surface area contributed by atoms with Gasteiger partial charge in [-0.2, -0.15) is 0 Å². The molecule has 1 unspecified atom stereocenters. The Morgan fingerprint density at radius 1 is 1.12 bits per heavy atom. The van der Waals surface area contributed by atoms with Crippen molar-refractivity contribution >= 4 is 22.2 Å². The van der Waals surface area contributed by atoms with Gasteiger partial charge in [0.15, 0.2) is 5.78 Å². The van der Waals surface area contributed by atoms with Crippen LogP contribution in [0.15, 0.2) is 60.7 Å². The average molecular weight is 331 g/mol. The maximum atomic E-state index is 11.8. The molecule has 3 heteroatoms. The summed E-state index contributed by atoms with van der Waals surface area (Å²) in [7, 11) is 0. The summed E-state index contributed by atoms with van der Waals surface area (Å²) in [6.07, 6.45) is 0.116. The van der Waals surface area contributed by atoms with Gasteiger partial charge in [0.1, 0.15) is 11.9 Å². The maximum absolute atomic E-state index is 11.8. The minimum Gasteiger partial charge on any atom is -0.487 e. The average Bonchev–Trinajstić information content (AvgIpc) is 2.61. The van der Waals surface area contributed by atoms with Crippen molar-refractivity contribution < 1.29 is 9.53 Å². The Morgan fingerprint density at radius 2 is 1.92 bits per heavy atom. The molecule has 0 radical (unpaired) electrons. The molecule has 0 saturated carbocycles. The number of carbonyl (C=O) groups excluding carboxylic acids is 1. The zero-order valence-electron chi connectivity index (χ0n) is 14.5. The lowest BCUT2D eigenvalue weighted by Crippen LogP contribution is -2.38. The molecule has 3 nitrogen and oxygen atoms in total. The van der Waals surface area contributed by atoms with Gasteiger partial charge < -0.3 is 9.64 Å². The summed E-state index contributed by atoms with van der Waals surface area (Å²) in [6.45, 7) is 5.28. The quantitative estimate of drug-likeness (QED) is 0.644. The van der Waals surface area contributed by atoms with E-state index in [2.05, 4.69) is 54.3 Å². The van der Waals surface area contributed by atoms with Gasteiger partial charge in [-0.25, -0.2) is 0 Å². The molecule has 0 fully saturated rings. The van der Waals surface area contributed by atoms with E-state index in [1.54, 1.807) is 6.92 Å². The second-order valence-electron chi connectivity index (χ2n) is 6.69. The number of rotatable bonds is 3. The SMILES string of the molecule is CC(=O)c1ccc2c(c1)N(Cc1cccc3ccccc13)CC(C)O2. The van der Waals surface area contributed by atoms with Gasteiger partial charge in [-0.15, -0.1) is 0 Å². The molecule has 25 heavy (non-hydrogen) atoms. The Kier molecular flexibility index (Phi) is 3.92. The Labute approximate surface area is 147 Å². The molecular weight excluding hydrogens is 310 g/mol. The number of hydrogen-bond acceptors (Lipinski definition) is 3. The summed E-state index contributed by atoms with van der Waals surface area (Å²) in [5.74, 6) is 0.926. The highest BCUT2D eigenvalue weighted by molar-refractivity contribution is 5.95. The predicted molar refractivity (Wildman–Crippen MR) is 102 cm³/mol. The third kappa shape index (κ3) is 2.98. The standard InChI is InChI=1S/C22H21NO2/c1-15-13-23(21-12-18(16(2)24)10-11-22(21)25-15)14-19-8-5-7-17-6-3-4-9-20(17)19/h3-12,15H,13-14H2,1-2H3. The number of fused-ring (bicyclic) bond motifs is 2. The van der Waals surface area contributed by atoms with Crippen LogP contribution in [0, 0.1) is 0 Å². The van der Waals surface area contributed by atoms with Crippen molar-refractivity contribution in [1.29, 1.82) is 0 Å². The summed E-state index contributed by atoms with van der Waals surface area (Å²) in [4.78, 5) is 14.1. The van der Waals surface area contributed by atoms with E-state index in [0.717, 1.165) is 30.1 Å². The molecule has 4 rings (SSSR count). The van der Waals surface area contributed by atoms with Crippen LogP contribution in [0.25, 0.3) is 10.8 Å². The molecule has 0 aliphatic carbocycles. The Hall–Kier alpha value is -2.81. The molecule has 0 bridgehead atoms. The van der Waals surface area contributed by atoms with Crippen molar-refractivity contribution in [3.05, 3.63) is 71.8 Å². The highest BCUT2D eigenvalue weighted by Gasteiger charge is 2.24. The molecule has 0 spiro atoms. The van der Waals surface area contributed by atoms with Crippen molar-refractivity contribution in [2.24, 2.45) is 0 Å². The predicted octanol–water partition coefficient (Wildman–Crippen LogP) is 4.83. The minimum absolute atomic E-state index is 0.0755. The van der Waals surface area contributed by atoms with E-state index in [1.165, 1.54) is 16.3 Å². The van der Waals surface area contributed by atoms with Crippen molar-refractivity contribution in [3.63, 3.8) is 0 Å². The van der Waals surface area contributed by atoms with Crippen molar-refractivity contribution in [3.8, 4) is 5.75 Å². The lowest BCUT2D eigenvalue weighted by Gasteiger charge is -2.35. The fraction of sp³-hybridized carbons (Fsp3) is 0.227. The molecule has 3 aromatic carbocycles. The zero-order chi connectivity index (χ0) is 17.4. The highest BCUT2D eigenvalue weighted by atomic mass is 16.5. The van der Waals surface area contributed by atoms with Crippen molar-refractivity contribution in [2.75, 3.05) is 11.4 Å². The first-order valence-corrected chi connectivity index (χ1v) is 8.65. The molecule has 0 aromatic heterocycles. The number of anilines is 1. The van der Waals surface area contributed by atoms with Crippen LogP contribution < -0.4 is 9.64 Å². The minimum atomic E-state index is 0.0755. The molecule has 126 valence electrons. The van der Waals surface area contributed by atoms with E-state index in [1.807, 2.05) is 18.2 Å². The van der Waals surface area contributed by atoms with E-state index in [0.29, 0.717) is 0 Å². The van der Waals surface area contributed by atoms with Gasteiger partial charge in [-0.3, -0.25) is 4.79 Å². The number of Topliss-reactive ketones (excluding diaryl/α,β-unsaturated/α-hetero) is 1. The van der Waals surface area contributed by atoms with E-state index in [4.69, 9.17) is 4.74 Å². The second kappa shape index (κ2) is 6.25. The van der Waals surface area contributed by atoms with E-state index in [9.17, 15) is 4.79 Å². The van der Waals surface area contributed by atoms with Crippen LogP contribution >= 0.6 is 0 Å². The van der Waals surface area contributed by atoms with Gasteiger partial charge in [0.25, 0.3) is 0 Å². The van der Waals surface area contributed by atoms with E-state index < -0.39 is 0 Å². The fourth-order valence-corrected chi connectivity index (χ4v) is 3.53. The second-order valence-corrected chi connectivity index (χ2v) is 6.69. The Morgan fingerprint density at radius 3 is 2.76 bits per heavy atom. The van der Waals surface area contributed by atoms with Crippen LogP contribution in [0.3, 0.4) is 0 Å². The zero-order valence-corrected chi connectivity index (χ0v) is 14.5. The van der Waals surface area contributed by atoms with Gasteiger partial charge in [-0.1, -0.05) is 42.5 Å². The summed E-state index contributed by atoms with van der Waals surface area (Å²) in [5.41, 5.74) is 3.00. The smallest absolute Gasteiger partial charge is 0.159 e. The van der Waals surface area contributed by atoms with Gasteiger partial charge in [0, 0.05) is 12.1 Å². The first-order valence-electron chi connectivity index (χ1n) is 8.65. The van der Waals surface area contributed by atoms with Crippen LogP contribution in [0.5, 0.6) is 5.75 Å². The fourth-order valence-electron chi connectivity index (χ4n) is 3.53. The van der Waals surface area contributed by atoms with Gasteiger partial charge >= 0.3 is 0 Å². The van der Waals surface area contributed by atoms with Gasteiger partial charge in [-0.05, 0) is 48.4 Å². The van der Waals surface area contributed by atoms with Crippen LogP contribution in [0.2, 0.25) is 0 Å². The first kappa shape index (κ1) is 15.7. The molecule has 1 heterocycles. The number of hydrogen-bond donors (Lipinski definition) is 0. The van der Waals surface area contributed by atoms with Crippen LogP contribution in [-0.2, 0) is 6.54 Å². The summed E-state index contributed by atoms with van der Waals surface area (Å²) >= 11 is 0. The molecule has 0 amide bonds. The molecular formula is C22H21NO2. The van der Waals surface area contributed by atoms with Crippen molar-refractivity contribution in [2.45, 2.75) is 26.5 Å². The number of ether oxygens (including phenoxy) is 1. The molecule has 0 saturated heterocycles. The molecule has 1 aliphatic heterocycles. The third-order valence-corrected chi connectivity index (χ3v) is 4.75. The summed E-state index contributed by atoms with van der Waals surface area (Å²) in [5, 5.41) is 2.52. The summed E-state index contributed by atoms with van der Waals surface area (Å²) in [6, 6.07) is 20.6. The molecule has 0 N–H and O–H groups in total. The number of carbonyl (C=O) groups is 1. The largest absolute Gasteiger partial charge is 0.487 e. The van der Waals surface area contributed by atoms with Crippen molar-refractivity contribution in [1.82, 2.24) is 0 Å². The lowest BCUT2D eigenvalue weighted by atomic mass is 10.0. The van der Waals surface area contributed by atoms with Gasteiger partial charge in [0.2, 0.25) is 0 Å². The van der Waals surface area contributed by atoms with Crippen LogP contribution in [0.4, 0.5) is 5.69 Å². The molecule has 3 aromatic rings. The summed E-state index contributed by atoms with van der Waals surface area (Å²) < 4.78 is 5.97. The maximum Gasteiger partial charge on any atom is 0.159 e. The monoisotopic (exact) mass is 331 g/mol. The topological polar surface area (TPSA) is 29.5 Å². The van der Waals surface area contributed by atoms with Crippen LogP contribution in [-0.4, -0.2) is 18.4 Å². The third-order valence-electron chi connectivity index (χ3n) is 4.75. The van der Waals surface area contributed by atoms with Gasteiger partial charge in [0.05, 0.1) is 12.2 Å². The first-order chi connectivity index (χ1) is 12.1. The molecule has 1 aliphatic rings. The number of nitrogens with zero attached hydrogens (tertiary/aromatic N) is 1. The van der Waals surface area contributed by atoms with E-state index in [-0.39, 0.29) is 11.9 Å². The van der Waals surface area contributed by atoms with E-state index >= 15 is 0 Å². The Bertz CT molecular complexity index is 942. The molecule has 1 atom stereocenters. The Balaban J connectivity index is 1.76.